The Bertz CT molecular complexity index is 285. The predicted molar refractivity (Wildman–Crippen MR) is 75.0 cm³/mol. The van der Waals surface area contributed by atoms with Gasteiger partial charge in [-0.25, -0.2) is 0 Å². The van der Waals surface area contributed by atoms with Gasteiger partial charge in [0, 0.05) is 11.5 Å². The maximum atomic E-state index is 5.77. The summed E-state index contributed by atoms with van der Waals surface area (Å²) in [6, 6.07) is 4.21. The standard InChI is InChI=1S/C13H21BrOS/c1-3-5-6-11(4-2)9-15-10-12-7-8-13(14)16-12/h7-8,11H,3-6,9-10H2,1-2H3. The Morgan fingerprint density at radius 3 is 2.75 bits per heavy atom. The zero-order valence-corrected chi connectivity index (χ0v) is 12.6. The van der Waals surface area contributed by atoms with Crippen LogP contribution in [0.15, 0.2) is 15.9 Å². The molecule has 0 aromatic carbocycles. The van der Waals surface area contributed by atoms with Crippen LogP contribution in [0.3, 0.4) is 0 Å². The Labute approximate surface area is 111 Å². The summed E-state index contributed by atoms with van der Waals surface area (Å²) in [5.41, 5.74) is 0. The Hall–Kier alpha value is 0.140. The molecule has 1 rings (SSSR count). The molecule has 0 saturated heterocycles. The van der Waals surface area contributed by atoms with Gasteiger partial charge in [-0.1, -0.05) is 33.1 Å². The molecule has 0 saturated carbocycles. The Balaban J connectivity index is 2.17. The topological polar surface area (TPSA) is 9.23 Å². The lowest BCUT2D eigenvalue weighted by Gasteiger charge is -2.14. The van der Waals surface area contributed by atoms with Crippen LogP contribution in [0.5, 0.6) is 0 Å². The molecule has 0 aliphatic heterocycles. The highest BCUT2D eigenvalue weighted by atomic mass is 79.9. The van der Waals surface area contributed by atoms with E-state index < -0.39 is 0 Å². The third-order valence-corrected chi connectivity index (χ3v) is 4.37. The Morgan fingerprint density at radius 2 is 2.19 bits per heavy atom. The number of thiophene rings is 1. The summed E-state index contributed by atoms with van der Waals surface area (Å²) in [4.78, 5) is 1.30. The van der Waals surface area contributed by atoms with Crippen LogP contribution in [-0.2, 0) is 11.3 Å². The zero-order chi connectivity index (χ0) is 11.8. The van der Waals surface area contributed by atoms with Crippen molar-refractivity contribution >= 4 is 27.3 Å². The molecular formula is C13H21BrOS. The molecule has 0 amide bonds. The van der Waals surface area contributed by atoms with Crippen LogP contribution in [0.25, 0.3) is 0 Å². The van der Waals surface area contributed by atoms with E-state index in [0.29, 0.717) is 0 Å². The first-order chi connectivity index (χ1) is 7.76. The van der Waals surface area contributed by atoms with E-state index in [0.717, 1.165) is 19.1 Å². The summed E-state index contributed by atoms with van der Waals surface area (Å²) in [5, 5.41) is 0. The Morgan fingerprint density at radius 1 is 1.38 bits per heavy atom. The molecule has 1 atom stereocenters. The zero-order valence-electron chi connectivity index (χ0n) is 10.2. The predicted octanol–water partition coefficient (Wildman–Crippen LogP) is 5.24. The number of unbranched alkanes of at least 4 members (excludes halogenated alkanes) is 1. The van der Waals surface area contributed by atoms with Gasteiger partial charge in [0.1, 0.15) is 0 Å². The maximum absolute atomic E-state index is 5.77. The second-order valence-electron chi connectivity index (χ2n) is 4.14. The first-order valence-electron chi connectivity index (χ1n) is 6.08. The quantitative estimate of drug-likeness (QED) is 0.638. The summed E-state index contributed by atoms with van der Waals surface area (Å²) < 4.78 is 6.96. The highest BCUT2D eigenvalue weighted by molar-refractivity contribution is 9.11. The lowest BCUT2D eigenvalue weighted by molar-refractivity contribution is 0.0836. The second kappa shape index (κ2) is 8.26. The fraction of sp³-hybridized carbons (Fsp3) is 0.692. The average molecular weight is 305 g/mol. The molecule has 1 unspecified atom stereocenters. The van der Waals surface area contributed by atoms with Crippen molar-refractivity contribution < 1.29 is 4.74 Å². The second-order valence-corrected chi connectivity index (χ2v) is 6.69. The molecule has 3 heteroatoms. The molecule has 92 valence electrons. The summed E-state index contributed by atoms with van der Waals surface area (Å²) in [6.45, 7) is 6.17. The van der Waals surface area contributed by atoms with Gasteiger partial charge in [0.15, 0.2) is 0 Å². The maximum Gasteiger partial charge on any atom is 0.0809 e. The van der Waals surface area contributed by atoms with Crippen LogP contribution in [0.2, 0.25) is 0 Å². The highest BCUT2D eigenvalue weighted by Crippen LogP contribution is 2.23. The molecule has 1 aromatic heterocycles. The van der Waals surface area contributed by atoms with E-state index >= 15 is 0 Å². The van der Waals surface area contributed by atoms with Gasteiger partial charge in [-0.15, -0.1) is 11.3 Å². The van der Waals surface area contributed by atoms with Gasteiger partial charge in [0.25, 0.3) is 0 Å². The third-order valence-electron chi connectivity index (χ3n) is 2.77. The summed E-state index contributed by atoms with van der Waals surface area (Å²) in [5.74, 6) is 0.739. The van der Waals surface area contributed by atoms with Gasteiger partial charge in [-0.2, -0.15) is 0 Å². The van der Waals surface area contributed by atoms with E-state index in [1.807, 2.05) is 0 Å². The largest absolute Gasteiger partial charge is 0.376 e. The van der Waals surface area contributed by atoms with Crippen LogP contribution in [0.1, 0.15) is 44.4 Å². The lowest BCUT2D eigenvalue weighted by Crippen LogP contribution is -2.08. The van der Waals surface area contributed by atoms with Crippen LogP contribution in [-0.4, -0.2) is 6.61 Å². The van der Waals surface area contributed by atoms with Crippen molar-refractivity contribution in [3.05, 3.63) is 20.8 Å². The van der Waals surface area contributed by atoms with E-state index in [9.17, 15) is 0 Å². The minimum absolute atomic E-state index is 0.739. The first kappa shape index (κ1) is 14.2. The van der Waals surface area contributed by atoms with Crippen LogP contribution >= 0.6 is 27.3 Å². The monoisotopic (exact) mass is 304 g/mol. The first-order valence-corrected chi connectivity index (χ1v) is 7.69. The van der Waals surface area contributed by atoms with Crippen molar-refractivity contribution in [1.82, 2.24) is 0 Å². The fourth-order valence-electron chi connectivity index (χ4n) is 1.65. The van der Waals surface area contributed by atoms with Gasteiger partial charge in [0.05, 0.1) is 10.4 Å². The van der Waals surface area contributed by atoms with E-state index in [1.165, 1.54) is 34.3 Å². The molecule has 0 bridgehead atoms. The van der Waals surface area contributed by atoms with E-state index in [4.69, 9.17) is 4.74 Å². The molecule has 0 N–H and O–H groups in total. The molecule has 0 fully saturated rings. The summed E-state index contributed by atoms with van der Waals surface area (Å²) in [6.07, 6.45) is 5.15. The van der Waals surface area contributed by atoms with Gasteiger partial charge in [0.2, 0.25) is 0 Å². The molecule has 16 heavy (non-hydrogen) atoms. The number of halogens is 1. The van der Waals surface area contributed by atoms with Crippen molar-refractivity contribution in [2.75, 3.05) is 6.61 Å². The van der Waals surface area contributed by atoms with Crippen molar-refractivity contribution in [3.63, 3.8) is 0 Å². The minimum Gasteiger partial charge on any atom is -0.376 e. The van der Waals surface area contributed by atoms with Crippen LogP contribution < -0.4 is 0 Å². The van der Waals surface area contributed by atoms with Crippen molar-refractivity contribution in [2.24, 2.45) is 5.92 Å². The number of ether oxygens (including phenoxy) is 1. The van der Waals surface area contributed by atoms with Crippen molar-refractivity contribution in [1.29, 1.82) is 0 Å². The van der Waals surface area contributed by atoms with Gasteiger partial charge in [-0.05, 0) is 40.4 Å². The molecular weight excluding hydrogens is 284 g/mol. The lowest BCUT2D eigenvalue weighted by atomic mass is 10.0. The van der Waals surface area contributed by atoms with Gasteiger partial charge in [-0.3, -0.25) is 0 Å². The number of hydrogen-bond donors (Lipinski definition) is 0. The van der Waals surface area contributed by atoms with Gasteiger partial charge < -0.3 is 4.74 Å². The van der Waals surface area contributed by atoms with E-state index in [2.05, 4.69) is 41.9 Å². The minimum atomic E-state index is 0.739. The highest BCUT2D eigenvalue weighted by Gasteiger charge is 2.06. The molecule has 1 nitrogen and oxygen atoms in total. The fourth-order valence-corrected chi connectivity index (χ4v) is 3.07. The molecule has 1 aromatic rings. The van der Waals surface area contributed by atoms with Crippen LogP contribution in [0, 0.1) is 5.92 Å². The van der Waals surface area contributed by atoms with E-state index in [1.54, 1.807) is 11.3 Å². The number of rotatable bonds is 8. The average Bonchev–Trinajstić information content (AvgIpc) is 2.69. The van der Waals surface area contributed by atoms with Crippen molar-refractivity contribution in [2.45, 2.75) is 46.1 Å². The van der Waals surface area contributed by atoms with Gasteiger partial charge >= 0.3 is 0 Å². The third kappa shape index (κ3) is 5.46. The molecule has 0 spiro atoms. The van der Waals surface area contributed by atoms with E-state index in [-0.39, 0.29) is 0 Å². The summed E-state index contributed by atoms with van der Waals surface area (Å²) >= 11 is 5.22. The normalized spacial score (nSPS) is 12.9. The Kier molecular flexibility index (Phi) is 7.33. The molecule has 0 aliphatic rings. The van der Waals surface area contributed by atoms with Crippen LogP contribution in [0.4, 0.5) is 0 Å². The molecule has 0 aliphatic carbocycles. The van der Waals surface area contributed by atoms with Crippen molar-refractivity contribution in [3.8, 4) is 0 Å². The molecule has 1 heterocycles. The summed E-state index contributed by atoms with van der Waals surface area (Å²) in [7, 11) is 0. The smallest absolute Gasteiger partial charge is 0.0809 e. The molecule has 0 radical (unpaired) electrons. The number of hydrogen-bond acceptors (Lipinski definition) is 2. The SMILES string of the molecule is CCCCC(CC)COCc1ccc(Br)s1.